The highest BCUT2D eigenvalue weighted by Crippen LogP contribution is 2.12. The van der Waals surface area contributed by atoms with E-state index in [1.807, 2.05) is 6.07 Å². The zero-order valence-corrected chi connectivity index (χ0v) is 13.3. The zero-order chi connectivity index (χ0) is 13.5. The Morgan fingerprint density at radius 2 is 2.11 bits per heavy atom. The molecule has 5 heteroatoms. The fourth-order valence-corrected chi connectivity index (χ4v) is 1.94. The molecule has 0 unspecified atom stereocenters. The van der Waals surface area contributed by atoms with E-state index in [1.165, 1.54) is 0 Å². The van der Waals surface area contributed by atoms with Crippen molar-refractivity contribution in [1.82, 2.24) is 14.9 Å². The fourth-order valence-electron chi connectivity index (χ4n) is 1.52. The summed E-state index contributed by atoms with van der Waals surface area (Å²) in [6.45, 7) is 8.51. The second kappa shape index (κ2) is 7.69. The Hall–Kier alpha value is -0.680. The van der Waals surface area contributed by atoms with Crippen molar-refractivity contribution in [2.45, 2.75) is 39.7 Å². The molecule has 0 saturated carbocycles. The number of hydrogen-bond donors (Lipinski definition) is 1. The van der Waals surface area contributed by atoms with Crippen LogP contribution in [-0.2, 0) is 6.42 Å². The highest BCUT2D eigenvalue weighted by Gasteiger charge is 2.03. The van der Waals surface area contributed by atoms with Gasteiger partial charge in [-0.05, 0) is 49.8 Å². The van der Waals surface area contributed by atoms with Crippen LogP contribution in [0.4, 0.5) is 5.82 Å². The summed E-state index contributed by atoms with van der Waals surface area (Å²) in [6, 6.07) is 2.52. The molecule has 18 heavy (non-hydrogen) atoms. The van der Waals surface area contributed by atoms with Gasteiger partial charge in [-0.3, -0.25) is 0 Å². The van der Waals surface area contributed by atoms with Gasteiger partial charge in [0.15, 0.2) is 0 Å². The van der Waals surface area contributed by atoms with Crippen LogP contribution in [0.2, 0.25) is 0 Å². The Labute approximate surface area is 118 Å². The highest BCUT2D eigenvalue weighted by molar-refractivity contribution is 9.10. The van der Waals surface area contributed by atoms with Gasteiger partial charge in [-0.2, -0.15) is 0 Å². The molecule has 0 radical (unpaired) electrons. The minimum atomic E-state index is 0.602. The summed E-state index contributed by atoms with van der Waals surface area (Å²) in [5.74, 6) is 1.77. The third kappa shape index (κ3) is 5.31. The van der Waals surface area contributed by atoms with Crippen molar-refractivity contribution in [3.63, 3.8) is 0 Å². The summed E-state index contributed by atoms with van der Waals surface area (Å²) >= 11 is 3.41. The second-order valence-corrected chi connectivity index (χ2v) is 5.51. The van der Waals surface area contributed by atoms with Gasteiger partial charge in [0.2, 0.25) is 0 Å². The first-order valence-corrected chi connectivity index (χ1v) is 7.29. The van der Waals surface area contributed by atoms with Gasteiger partial charge in [0.25, 0.3) is 0 Å². The van der Waals surface area contributed by atoms with Crippen LogP contribution in [0, 0.1) is 0 Å². The molecule has 1 aromatic rings. The Kier molecular flexibility index (Phi) is 6.57. The van der Waals surface area contributed by atoms with Gasteiger partial charge in [-0.1, -0.05) is 6.92 Å². The van der Waals surface area contributed by atoms with E-state index in [9.17, 15) is 0 Å². The number of nitrogens with one attached hydrogen (secondary N) is 1. The Bertz CT molecular complexity index is 368. The highest BCUT2D eigenvalue weighted by atomic mass is 79.9. The maximum atomic E-state index is 4.44. The quantitative estimate of drug-likeness (QED) is 0.620. The first kappa shape index (κ1) is 15.4. The Morgan fingerprint density at radius 3 is 2.72 bits per heavy atom. The molecule has 0 saturated heterocycles. The number of aromatic nitrogens is 2. The van der Waals surface area contributed by atoms with E-state index in [0.717, 1.165) is 42.2 Å². The molecule has 0 spiro atoms. The molecular formula is C13H23BrN4. The summed E-state index contributed by atoms with van der Waals surface area (Å²) < 4.78 is 0.844. The predicted octanol–water partition coefficient (Wildman–Crippen LogP) is 2.94. The zero-order valence-electron chi connectivity index (χ0n) is 11.7. The molecule has 4 nitrogen and oxygen atoms in total. The molecule has 0 fully saturated rings. The van der Waals surface area contributed by atoms with Crippen molar-refractivity contribution in [3.8, 4) is 0 Å². The summed E-state index contributed by atoms with van der Waals surface area (Å²) in [7, 11) is 2.15. The molecule has 102 valence electrons. The topological polar surface area (TPSA) is 41.1 Å². The monoisotopic (exact) mass is 314 g/mol. The van der Waals surface area contributed by atoms with Crippen LogP contribution in [0.25, 0.3) is 0 Å². The van der Waals surface area contributed by atoms with Crippen LogP contribution in [0.15, 0.2) is 10.7 Å². The second-order valence-electron chi connectivity index (χ2n) is 4.70. The maximum Gasteiger partial charge on any atom is 0.131 e. The summed E-state index contributed by atoms with van der Waals surface area (Å²) in [6.07, 6.45) is 1.96. The molecule has 0 aliphatic carbocycles. The van der Waals surface area contributed by atoms with Gasteiger partial charge in [0.1, 0.15) is 16.2 Å². The van der Waals surface area contributed by atoms with Gasteiger partial charge in [-0.25, -0.2) is 9.97 Å². The molecule has 1 rings (SSSR count). The van der Waals surface area contributed by atoms with Crippen molar-refractivity contribution < 1.29 is 0 Å². The van der Waals surface area contributed by atoms with Gasteiger partial charge in [-0.15, -0.1) is 0 Å². The Morgan fingerprint density at radius 1 is 1.39 bits per heavy atom. The van der Waals surface area contributed by atoms with Crippen LogP contribution < -0.4 is 5.32 Å². The number of nitrogens with zero attached hydrogens (tertiary/aromatic N) is 3. The Balaban J connectivity index is 2.37. The summed E-state index contributed by atoms with van der Waals surface area (Å²) in [5, 5.41) is 3.35. The van der Waals surface area contributed by atoms with Crippen molar-refractivity contribution >= 4 is 21.7 Å². The lowest BCUT2D eigenvalue weighted by Gasteiger charge is -2.20. The number of anilines is 1. The van der Waals surface area contributed by atoms with Crippen LogP contribution in [0.3, 0.4) is 0 Å². The molecule has 0 bridgehead atoms. The van der Waals surface area contributed by atoms with E-state index < -0.39 is 0 Å². The first-order chi connectivity index (χ1) is 8.52. The first-order valence-electron chi connectivity index (χ1n) is 6.50. The third-order valence-corrected chi connectivity index (χ3v) is 3.34. The van der Waals surface area contributed by atoms with E-state index in [2.05, 4.69) is 63.9 Å². The van der Waals surface area contributed by atoms with Crippen molar-refractivity contribution in [3.05, 3.63) is 16.5 Å². The van der Waals surface area contributed by atoms with Gasteiger partial charge >= 0.3 is 0 Å². The van der Waals surface area contributed by atoms with Gasteiger partial charge in [0, 0.05) is 25.1 Å². The van der Waals surface area contributed by atoms with E-state index >= 15 is 0 Å². The molecule has 0 amide bonds. The van der Waals surface area contributed by atoms with E-state index in [0.29, 0.717) is 6.04 Å². The number of hydrogen-bond acceptors (Lipinski definition) is 4. The standard InChI is InChI=1S/C13H23BrN4/c1-5-12-16-11(14)9-13(17-12)15-7-6-8-18(4)10(2)3/h9-10H,5-8H2,1-4H3,(H,15,16,17). The van der Waals surface area contributed by atoms with Crippen LogP contribution >= 0.6 is 15.9 Å². The third-order valence-electron chi connectivity index (χ3n) is 2.93. The lowest BCUT2D eigenvalue weighted by Crippen LogP contribution is -2.28. The summed E-state index contributed by atoms with van der Waals surface area (Å²) in [4.78, 5) is 11.1. The number of aryl methyl sites for hydroxylation is 1. The minimum absolute atomic E-state index is 0.602. The minimum Gasteiger partial charge on any atom is -0.370 e. The molecule has 1 N–H and O–H groups in total. The van der Waals surface area contributed by atoms with Gasteiger partial charge < -0.3 is 10.2 Å². The molecule has 0 atom stereocenters. The number of rotatable bonds is 7. The SMILES string of the molecule is CCc1nc(Br)cc(NCCCN(C)C(C)C)n1. The largest absolute Gasteiger partial charge is 0.370 e. The molecule has 0 aliphatic rings. The average Bonchev–Trinajstić information content (AvgIpc) is 2.33. The van der Waals surface area contributed by atoms with Crippen LogP contribution in [0.5, 0.6) is 0 Å². The smallest absolute Gasteiger partial charge is 0.131 e. The normalized spacial score (nSPS) is 11.3. The summed E-state index contributed by atoms with van der Waals surface area (Å²) in [5.41, 5.74) is 0. The molecule has 0 aromatic carbocycles. The lowest BCUT2D eigenvalue weighted by atomic mass is 10.3. The predicted molar refractivity (Wildman–Crippen MR) is 80.0 cm³/mol. The molecule has 1 heterocycles. The van der Waals surface area contributed by atoms with E-state index in [4.69, 9.17) is 0 Å². The van der Waals surface area contributed by atoms with Crippen molar-refractivity contribution in [2.75, 3.05) is 25.5 Å². The molecule has 1 aromatic heterocycles. The van der Waals surface area contributed by atoms with Crippen LogP contribution in [0.1, 0.15) is 33.0 Å². The van der Waals surface area contributed by atoms with E-state index in [1.54, 1.807) is 0 Å². The van der Waals surface area contributed by atoms with Crippen molar-refractivity contribution in [1.29, 1.82) is 0 Å². The van der Waals surface area contributed by atoms with Gasteiger partial charge in [0.05, 0.1) is 0 Å². The maximum absolute atomic E-state index is 4.44. The number of halogens is 1. The van der Waals surface area contributed by atoms with Crippen molar-refractivity contribution in [2.24, 2.45) is 0 Å². The lowest BCUT2D eigenvalue weighted by molar-refractivity contribution is 0.273. The fraction of sp³-hybridized carbons (Fsp3) is 0.692. The molecule has 0 aliphatic heterocycles. The van der Waals surface area contributed by atoms with Crippen LogP contribution in [-0.4, -0.2) is 41.0 Å². The van der Waals surface area contributed by atoms with E-state index in [-0.39, 0.29) is 0 Å². The average molecular weight is 315 g/mol. The molecular weight excluding hydrogens is 292 g/mol.